The van der Waals surface area contributed by atoms with Crippen LogP contribution in [0.15, 0.2) is 15.7 Å². The Balaban J connectivity index is 1.73. The van der Waals surface area contributed by atoms with Crippen LogP contribution >= 0.6 is 0 Å². The molecule has 0 spiro atoms. The average molecular weight is 313 g/mol. The van der Waals surface area contributed by atoms with Crippen LogP contribution in [-0.2, 0) is 19.5 Å². The quantitative estimate of drug-likeness (QED) is 0.876. The van der Waals surface area contributed by atoms with E-state index in [9.17, 15) is 9.59 Å². The Morgan fingerprint density at radius 2 is 1.57 bits per heavy atom. The molecule has 2 heterocycles. The van der Waals surface area contributed by atoms with Crippen LogP contribution in [0.1, 0.15) is 44.2 Å². The Labute approximate surface area is 134 Å². The van der Waals surface area contributed by atoms with Gasteiger partial charge in [0.05, 0.1) is 5.39 Å². The van der Waals surface area contributed by atoms with Gasteiger partial charge in [0.15, 0.2) is 0 Å². The first-order valence-electron chi connectivity index (χ1n) is 8.76. The fourth-order valence-electron chi connectivity index (χ4n) is 6.19. The number of rotatable bonds is 1. The number of aryl methyl sites for hydroxylation is 1. The average Bonchev–Trinajstić information content (AvgIpc) is 2.96. The molecule has 4 aliphatic rings. The lowest BCUT2D eigenvalue weighted by Gasteiger charge is -2.56. The molecule has 0 aromatic carbocycles. The molecule has 6 rings (SSSR count). The van der Waals surface area contributed by atoms with Crippen molar-refractivity contribution < 1.29 is 0 Å². The number of fused-ring (bicyclic) bond motifs is 1. The lowest BCUT2D eigenvalue weighted by Crippen LogP contribution is -2.48. The lowest BCUT2D eigenvalue weighted by atomic mass is 9.49. The van der Waals surface area contributed by atoms with Gasteiger partial charge >= 0.3 is 5.69 Å². The second-order valence-electron chi connectivity index (χ2n) is 8.35. The Morgan fingerprint density at radius 1 is 1.00 bits per heavy atom. The van der Waals surface area contributed by atoms with E-state index in [2.05, 4.69) is 4.98 Å². The van der Waals surface area contributed by atoms with E-state index >= 15 is 0 Å². The number of aromatic amines is 1. The van der Waals surface area contributed by atoms with Gasteiger partial charge < -0.3 is 4.98 Å². The summed E-state index contributed by atoms with van der Waals surface area (Å²) in [6.07, 6.45) is 7.96. The van der Waals surface area contributed by atoms with E-state index < -0.39 is 0 Å². The highest BCUT2D eigenvalue weighted by Gasteiger charge is 2.52. The monoisotopic (exact) mass is 313 g/mol. The van der Waals surface area contributed by atoms with E-state index in [0.717, 1.165) is 17.8 Å². The third kappa shape index (κ3) is 1.68. The van der Waals surface area contributed by atoms with Gasteiger partial charge in [0, 0.05) is 25.2 Å². The van der Waals surface area contributed by atoms with Crippen molar-refractivity contribution in [1.29, 1.82) is 0 Å². The zero-order valence-corrected chi connectivity index (χ0v) is 13.8. The predicted octanol–water partition coefficient (Wildman–Crippen LogP) is 2.03. The molecule has 2 aromatic heterocycles. The molecule has 0 amide bonds. The minimum absolute atomic E-state index is 0.185. The van der Waals surface area contributed by atoms with Gasteiger partial charge in [-0.25, -0.2) is 4.79 Å². The Kier molecular flexibility index (Phi) is 2.49. The fourth-order valence-corrected chi connectivity index (χ4v) is 6.19. The number of aromatic nitrogens is 3. The van der Waals surface area contributed by atoms with Gasteiger partial charge in [-0.2, -0.15) is 0 Å². The standard InChI is InChI=1S/C18H23N3O2/c1-20-15-13(16(22)21(2)17(20)23)6-14(19-15)18-7-10-3-11(8-18)5-12(4-10)9-18/h6,10-12,19H,3-5,7-9H2,1-2H3. The molecule has 23 heavy (non-hydrogen) atoms. The molecule has 4 fully saturated rings. The van der Waals surface area contributed by atoms with Gasteiger partial charge in [0.2, 0.25) is 0 Å². The maximum Gasteiger partial charge on any atom is 0.332 e. The number of H-pyrrole nitrogens is 1. The summed E-state index contributed by atoms with van der Waals surface area (Å²) >= 11 is 0. The van der Waals surface area contributed by atoms with Crippen molar-refractivity contribution in [2.45, 2.75) is 43.9 Å². The van der Waals surface area contributed by atoms with Crippen molar-refractivity contribution >= 4 is 11.0 Å². The molecule has 5 heteroatoms. The highest BCUT2D eigenvalue weighted by Crippen LogP contribution is 2.60. The molecular formula is C18H23N3O2. The van der Waals surface area contributed by atoms with E-state index in [1.165, 1.54) is 48.8 Å². The van der Waals surface area contributed by atoms with Crippen molar-refractivity contribution in [3.8, 4) is 0 Å². The zero-order chi connectivity index (χ0) is 15.9. The van der Waals surface area contributed by atoms with Gasteiger partial charge in [-0.3, -0.25) is 13.9 Å². The number of nitrogens with one attached hydrogen (secondary N) is 1. The maximum atomic E-state index is 12.5. The van der Waals surface area contributed by atoms with Gasteiger partial charge in [0.25, 0.3) is 5.56 Å². The smallest absolute Gasteiger partial charge is 0.332 e. The number of hydrogen-bond acceptors (Lipinski definition) is 2. The minimum atomic E-state index is -0.263. The lowest BCUT2D eigenvalue weighted by molar-refractivity contribution is -0.00688. The van der Waals surface area contributed by atoms with Crippen molar-refractivity contribution in [1.82, 2.24) is 14.1 Å². The minimum Gasteiger partial charge on any atom is -0.344 e. The second-order valence-corrected chi connectivity index (χ2v) is 8.35. The molecule has 0 radical (unpaired) electrons. The second kappa shape index (κ2) is 4.19. The van der Waals surface area contributed by atoms with Gasteiger partial charge in [-0.05, 0) is 62.3 Å². The normalized spacial score (nSPS) is 35.3. The summed E-state index contributed by atoms with van der Waals surface area (Å²) in [6.45, 7) is 0. The molecule has 2 aromatic rings. The first kappa shape index (κ1) is 13.6. The molecule has 4 bridgehead atoms. The van der Waals surface area contributed by atoms with Gasteiger partial charge in [-0.1, -0.05) is 0 Å². The largest absolute Gasteiger partial charge is 0.344 e. The van der Waals surface area contributed by atoms with Crippen LogP contribution in [0.25, 0.3) is 11.0 Å². The topological polar surface area (TPSA) is 59.8 Å². The van der Waals surface area contributed by atoms with E-state index in [-0.39, 0.29) is 16.7 Å². The van der Waals surface area contributed by atoms with Crippen LogP contribution in [0.2, 0.25) is 0 Å². The summed E-state index contributed by atoms with van der Waals surface area (Å²) in [4.78, 5) is 28.1. The molecule has 4 aliphatic carbocycles. The highest BCUT2D eigenvalue weighted by atomic mass is 16.2. The molecule has 0 atom stereocenters. The van der Waals surface area contributed by atoms with Crippen molar-refractivity contribution in [3.63, 3.8) is 0 Å². The van der Waals surface area contributed by atoms with Crippen LogP contribution in [0.4, 0.5) is 0 Å². The Morgan fingerprint density at radius 3 is 2.13 bits per heavy atom. The third-order valence-electron chi connectivity index (χ3n) is 6.85. The summed E-state index contributed by atoms with van der Waals surface area (Å²) in [5.41, 5.74) is 1.65. The van der Waals surface area contributed by atoms with Gasteiger partial charge in [-0.15, -0.1) is 0 Å². The summed E-state index contributed by atoms with van der Waals surface area (Å²) in [6, 6.07) is 2.05. The van der Waals surface area contributed by atoms with Crippen molar-refractivity contribution in [2.75, 3.05) is 0 Å². The summed E-state index contributed by atoms with van der Waals surface area (Å²) in [7, 11) is 3.30. The summed E-state index contributed by atoms with van der Waals surface area (Å²) in [5.74, 6) is 2.58. The first-order valence-corrected chi connectivity index (χ1v) is 8.76. The van der Waals surface area contributed by atoms with E-state index in [4.69, 9.17) is 0 Å². The first-order chi connectivity index (χ1) is 11.0. The van der Waals surface area contributed by atoms with Crippen LogP contribution in [0, 0.1) is 17.8 Å². The van der Waals surface area contributed by atoms with E-state index in [1.54, 1.807) is 18.7 Å². The fraction of sp³-hybridized carbons (Fsp3) is 0.667. The van der Waals surface area contributed by atoms with Crippen LogP contribution in [-0.4, -0.2) is 14.1 Å². The molecule has 4 saturated carbocycles. The molecule has 0 aliphatic heterocycles. The Hall–Kier alpha value is -1.78. The highest BCUT2D eigenvalue weighted by molar-refractivity contribution is 5.76. The van der Waals surface area contributed by atoms with Crippen LogP contribution in [0.3, 0.4) is 0 Å². The summed E-state index contributed by atoms with van der Waals surface area (Å²) < 4.78 is 2.78. The van der Waals surface area contributed by atoms with Crippen molar-refractivity contribution in [3.05, 3.63) is 32.6 Å². The van der Waals surface area contributed by atoms with E-state index in [0.29, 0.717) is 11.0 Å². The molecule has 0 saturated heterocycles. The van der Waals surface area contributed by atoms with Crippen molar-refractivity contribution in [2.24, 2.45) is 31.8 Å². The van der Waals surface area contributed by atoms with Crippen LogP contribution < -0.4 is 11.2 Å². The molecule has 1 N–H and O–H groups in total. The molecule has 0 unspecified atom stereocenters. The number of hydrogen-bond donors (Lipinski definition) is 1. The van der Waals surface area contributed by atoms with E-state index in [1.807, 2.05) is 6.07 Å². The molecular weight excluding hydrogens is 290 g/mol. The molecule has 122 valence electrons. The number of nitrogens with zero attached hydrogens (tertiary/aromatic N) is 2. The molecule has 5 nitrogen and oxygen atoms in total. The van der Waals surface area contributed by atoms with Crippen LogP contribution in [0.5, 0.6) is 0 Å². The predicted molar refractivity (Wildman–Crippen MR) is 88.6 cm³/mol. The Bertz CT molecular complexity index is 895. The SMILES string of the molecule is Cn1c(=O)c2cc(C34CC5CC(CC(C5)C3)C4)[nH]c2n(C)c1=O. The summed E-state index contributed by atoms with van der Waals surface area (Å²) in [5, 5.41) is 0.653. The maximum absolute atomic E-state index is 12.5. The van der Waals surface area contributed by atoms with Gasteiger partial charge in [0.1, 0.15) is 5.65 Å². The zero-order valence-electron chi connectivity index (χ0n) is 13.8. The third-order valence-corrected chi connectivity index (χ3v) is 6.85.